The molecular weight excluding hydrogens is 152 g/mol. The van der Waals surface area contributed by atoms with Crippen LogP contribution < -0.4 is 11.1 Å². The minimum Gasteiger partial charge on any atom is -0.358 e. The highest BCUT2D eigenvalue weighted by molar-refractivity contribution is 5.81. The van der Waals surface area contributed by atoms with Crippen molar-refractivity contribution < 1.29 is 4.79 Å². The Labute approximate surface area is 73.7 Å². The lowest BCUT2D eigenvalue weighted by atomic mass is 10.1. The maximum atomic E-state index is 11.0. The minimum absolute atomic E-state index is 0.0363. The molecule has 0 spiro atoms. The van der Waals surface area contributed by atoms with Crippen molar-refractivity contribution in [3.05, 3.63) is 0 Å². The first-order valence-corrected chi connectivity index (χ1v) is 4.71. The number of nitrogens with two attached hydrogens (primary N) is 1. The Balaban J connectivity index is 2.00. The van der Waals surface area contributed by atoms with E-state index in [1.807, 2.05) is 0 Å². The molecule has 1 amide bonds. The summed E-state index contributed by atoms with van der Waals surface area (Å²) in [5.41, 5.74) is 5.62. The normalized spacial score (nSPS) is 18.8. The molecule has 0 aromatic heterocycles. The zero-order valence-electron chi connectivity index (χ0n) is 7.68. The van der Waals surface area contributed by atoms with E-state index in [9.17, 15) is 4.79 Å². The third-order valence-corrected chi connectivity index (χ3v) is 2.41. The quantitative estimate of drug-likeness (QED) is 0.636. The molecule has 0 aromatic carbocycles. The van der Waals surface area contributed by atoms with Gasteiger partial charge in [0.1, 0.15) is 0 Å². The molecule has 0 heterocycles. The summed E-state index contributed by atoms with van der Waals surface area (Å²) in [5, 5.41) is 2.55. The van der Waals surface area contributed by atoms with Crippen LogP contribution in [0.25, 0.3) is 0 Å². The first-order valence-electron chi connectivity index (χ1n) is 4.71. The molecule has 70 valence electrons. The van der Waals surface area contributed by atoms with Crippen molar-refractivity contribution in [1.82, 2.24) is 5.32 Å². The van der Waals surface area contributed by atoms with E-state index in [0.29, 0.717) is 0 Å². The van der Waals surface area contributed by atoms with Gasteiger partial charge in [0.2, 0.25) is 5.91 Å². The van der Waals surface area contributed by atoms with Crippen molar-refractivity contribution >= 4 is 5.91 Å². The highest BCUT2D eigenvalue weighted by Gasteiger charge is 2.21. The fraction of sp³-hybridized carbons (Fsp3) is 0.889. The number of hydrogen-bond donors (Lipinski definition) is 2. The van der Waals surface area contributed by atoms with Crippen molar-refractivity contribution in [2.75, 3.05) is 7.05 Å². The summed E-state index contributed by atoms with van der Waals surface area (Å²) in [5.74, 6) is 0.910. The predicted molar refractivity (Wildman–Crippen MR) is 48.6 cm³/mol. The van der Waals surface area contributed by atoms with Crippen LogP contribution in [0.3, 0.4) is 0 Å². The lowest BCUT2D eigenvalue weighted by Crippen LogP contribution is -2.38. The lowest BCUT2D eigenvalue weighted by molar-refractivity contribution is -0.122. The van der Waals surface area contributed by atoms with Crippen molar-refractivity contribution in [2.24, 2.45) is 11.7 Å². The van der Waals surface area contributed by atoms with Crippen molar-refractivity contribution in [3.63, 3.8) is 0 Å². The first-order chi connectivity index (χ1) is 5.74. The number of amides is 1. The minimum atomic E-state index is -0.297. The standard InChI is InChI=1S/C9H18N2O/c1-11-9(12)8(10)4-2-3-7-5-6-7/h7-8H,2-6,10H2,1H3,(H,11,12). The molecule has 1 rings (SSSR count). The van der Waals surface area contributed by atoms with Gasteiger partial charge < -0.3 is 11.1 Å². The van der Waals surface area contributed by atoms with Gasteiger partial charge in [0.05, 0.1) is 6.04 Å². The van der Waals surface area contributed by atoms with E-state index in [0.717, 1.165) is 18.8 Å². The molecule has 1 atom stereocenters. The highest BCUT2D eigenvalue weighted by Crippen LogP contribution is 2.33. The Hall–Kier alpha value is -0.570. The fourth-order valence-corrected chi connectivity index (χ4v) is 1.35. The van der Waals surface area contributed by atoms with Crippen LogP contribution in [-0.2, 0) is 4.79 Å². The van der Waals surface area contributed by atoms with Gasteiger partial charge in [-0.25, -0.2) is 0 Å². The predicted octanol–water partition coefficient (Wildman–Crippen LogP) is 0.640. The molecule has 0 aromatic rings. The number of nitrogens with one attached hydrogen (secondary N) is 1. The van der Waals surface area contributed by atoms with Gasteiger partial charge in [-0.1, -0.05) is 25.7 Å². The van der Waals surface area contributed by atoms with E-state index in [1.54, 1.807) is 7.05 Å². The maximum Gasteiger partial charge on any atom is 0.236 e. The summed E-state index contributed by atoms with van der Waals surface area (Å²) in [6.45, 7) is 0. The van der Waals surface area contributed by atoms with Crippen molar-refractivity contribution in [1.29, 1.82) is 0 Å². The summed E-state index contributed by atoms with van der Waals surface area (Å²) in [6.07, 6.45) is 5.95. The molecule has 3 heteroatoms. The van der Waals surface area contributed by atoms with E-state index in [4.69, 9.17) is 5.73 Å². The summed E-state index contributed by atoms with van der Waals surface area (Å²) in [7, 11) is 1.63. The van der Waals surface area contributed by atoms with Crippen LogP contribution in [-0.4, -0.2) is 19.0 Å². The Morgan fingerprint density at radius 1 is 1.67 bits per heavy atom. The van der Waals surface area contributed by atoms with Crippen LogP contribution >= 0.6 is 0 Å². The lowest BCUT2D eigenvalue weighted by Gasteiger charge is -2.08. The van der Waals surface area contributed by atoms with E-state index in [1.165, 1.54) is 19.3 Å². The average molecular weight is 170 g/mol. The van der Waals surface area contributed by atoms with Crippen LogP contribution in [0.4, 0.5) is 0 Å². The third-order valence-electron chi connectivity index (χ3n) is 2.41. The number of carbonyl (C=O) groups is 1. The number of carbonyl (C=O) groups excluding carboxylic acids is 1. The molecule has 1 unspecified atom stereocenters. The van der Waals surface area contributed by atoms with Crippen molar-refractivity contribution in [2.45, 2.75) is 38.1 Å². The molecule has 1 aliphatic rings. The fourth-order valence-electron chi connectivity index (χ4n) is 1.35. The molecule has 1 aliphatic carbocycles. The second-order valence-electron chi connectivity index (χ2n) is 3.60. The zero-order chi connectivity index (χ0) is 8.97. The van der Waals surface area contributed by atoms with E-state index in [2.05, 4.69) is 5.32 Å². The Morgan fingerprint density at radius 3 is 2.83 bits per heavy atom. The summed E-state index contributed by atoms with van der Waals surface area (Å²) < 4.78 is 0. The average Bonchev–Trinajstić information content (AvgIpc) is 2.86. The van der Waals surface area contributed by atoms with Gasteiger partial charge in [-0.2, -0.15) is 0 Å². The molecule has 0 saturated heterocycles. The molecule has 0 aliphatic heterocycles. The van der Waals surface area contributed by atoms with Gasteiger partial charge in [0.25, 0.3) is 0 Å². The number of rotatable bonds is 5. The Bertz CT molecular complexity index is 155. The molecule has 1 fully saturated rings. The van der Waals surface area contributed by atoms with Crippen LogP contribution in [0.5, 0.6) is 0 Å². The summed E-state index contributed by atoms with van der Waals surface area (Å²) in [4.78, 5) is 11.0. The summed E-state index contributed by atoms with van der Waals surface area (Å²) in [6, 6.07) is -0.297. The highest BCUT2D eigenvalue weighted by atomic mass is 16.2. The first kappa shape index (κ1) is 9.52. The molecule has 12 heavy (non-hydrogen) atoms. The van der Waals surface area contributed by atoms with Gasteiger partial charge in [-0.15, -0.1) is 0 Å². The molecule has 3 nitrogen and oxygen atoms in total. The topological polar surface area (TPSA) is 55.1 Å². The molecule has 0 radical (unpaired) electrons. The second kappa shape index (κ2) is 4.45. The smallest absolute Gasteiger partial charge is 0.236 e. The monoisotopic (exact) mass is 170 g/mol. The van der Waals surface area contributed by atoms with E-state index in [-0.39, 0.29) is 11.9 Å². The molecule has 3 N–H and O–H groups in total. The SMILES string of the molecule is CNC(=O)C(N)CCCC1CC1. The third kappa shape index (κ3) is 3.22. The zero-order valence-corrected chi connectivity index (χ0v) is 7.68. The Morgan fingerprint density at radius 2 is 2.33 bits per heavy atom. The van der Waals surface area contributed by atoms with Gasteiger partial charge in [-0.3, -0.25) is 4.79 Å². The van der Waals surface area contributed by atoms with Crippen LogP contribution in [0, 0.1) is 5.92 Å². The van der Waals surface area contributed by atoms with Gasteiger partial charge in [0.15, 0.2) is 0 Å². The Kier molecular flexibility index (Phi) is 3.53. The van der Waals surface area contributed by atoms with Gasteiger partial charge >= 0.3 is 0 Å². The molecular formula is C9H18N2O. The maximum absolute atomic E-state index is 11.0. The molecule has 0 bridgehead atoms. The van der Waals surface area contributed by atoms with Crippen LogP contribution in [0.15, 0.2) is 0 Å². The van der Waals surface area contributed by atoms with E-state index < -0.39 is 0 Å². The largest absolute Gasteiger partial charge is 0.358 e. The second-order valence-corrected chi connectivity index (χ2v) is 3.60. The number of hydrogen-bond acceptors (Lipinski definition) is 2. The van der Waals surface area contributed by atoms with Gasteiger partial charge in [-0.05, 0) is 12.3 Å². The molecule has 1 saturated carbocycles. The van der Waals surface area contributed by atoms with Gasteiger partial charge in [0, 0.05) is 7.05 Å². The van der Waals surface area contributed by atoms with Crippen LogP contribution in [0.2, 0.25) is 0 Å². The van der Waals surface area contributed by atoms with Crippen molar-refractivity contribution in [3.8, 4) is 0 Å². The van der Waals surface area contributed by atoms with Crippen LogP contribution in [0.1, 0.15) is 32.1 Å². The summed E-state index contributed by atoms with van der Waals surface area (Å²) >= 11 is 0. The van der Waals surface area contributed by atoms with E-state index >= 15 is 0 Å². The number of likely N-dealkylation sites (N-methyl/N-ethyl adjacent to an activating group) is 1.